The number of hydrogen-bond donors (Lipinski definition) is 0. The van der Waals surface area contributed by atoms with Crippen LogP contribution in [0.1, 0.15) is 12.0 Å². The van der Waals surface area contributed by atoms with E-state index in [9.17, 15) is 9.59 Å². The van der Waals surface area contributed by atoms with Gasteiger partial charge in [-0.3, -0.25) is 9.59 Å². The van der Waals surface area contributed by atoms with E-state index in [2.05, 4.69) is 18.2 Å². The van der Waals surface area contributed by atoms with Gasteiger partial charge >= 0.3 is 0 Å². The van der Waals surface area contributed by atoms with Gasteiger partial charge in [-0.05, 0) is 28.8 Å². The van der Waals surface area contributed by atoms with Crippen LogP contribution in [0.5, 0.6) is 0 Å². The van der Waals surface area contributed by atoms with Crippen LogP contribution in [-0.4, -0.2) is 16.6 Å². The van der Waals surface area contributed by atoms with Gasteiger partial charge < -0.3 is 4.90 Å². The number of rotatable bonds is 2. The van der Waals surface area contributed by atoms with Crippen molar-refractivity contribution in [3.63, 3.8) is 0 Å². The van der Waals surface area contributed by atoms with Gasteiger partial charge in [-0.25, -0.2) is 0 Å². The van der Waals surface area contributed by atoms with Gasteiger partial charge in [0.15, 0.2) is 0 Å². The van der Waals surface area contributed by atoms with Crippen molar-refractivity contribution in [2.24, 2.45) is 5.92 Å². The second kappa shape index (κ2) is 4.95. The number of ketones is 1. The molecule has 4 rings (SSSR count). The van der Waals surface area contributed by atoms with E-state index in [1.165, 1.54) is 0 Å². The van der Waals surface area contributed by atoms with Crippen LogP contribution in [0, 0.1) is 5.92 Å². The molecule has 1 aliphatic heterocycles. The average Bonchev–Trinajstić information content (AvgIpc) is 2.81. The number of carbonyl (C=O) groups excluding carboxylic acids is 2. The Labute approximate surface area is 128 Å². The Morgan fingerprint density at radius 3 is 2.77 bits per heavy atom. The maximum absolute atomic E-state index is 12.3. The topological polar surface area (TPSA) is 37.4 Å². The molecule has 1 amide bonds. The molecule has 2 aromatic carbocycles. The fraction of sp³-hybridized carbons (Fsp3) is 0.158. The van der Waals surface area contributed by atoms with E-state index in [1.807, 2.05) is 42.5 Å². The first kappa shape index (κ1) is 13.0. The van der Waals surface area contributed by atoms with Gasteiger partial charge in [-0.1, -0.05) is 54.6 Å². The molecule has 3 nitrogen and oxygen atoms in total. The van der Waals surface area contributed by atoms with Crippen LogP contribution in [0.15, 0.2) is 66.4 Å². The van der Waals surface area contributed by atoms with Crippen LogP contribution in [0.3, 0.4) is 0 Å². The maximum Gasteiger partial charge on any atom is 0.295 e. The van der Waals surface area contributed by atoms with E-state index in [4.69, 9.17) is 0 Å². The Bertz CT molecular complexity index is 842. The molecule has 1 fully saturated rings. The normalized spacial score (nSPS) is 20.5. The van der Waals surface area contributed by atoms with Crippen LogP contribution < -0.4 is 0 Å². The molecule has 0 aromatic heterocycles. The van der Waals surface area contributed by atoms with Crippen molar-refractivity contribution in [2.75, 3.05) is 0 Å². The van der Waals surface area contributed by atoms with Crippen molar-refractivity contribution in [2.45, 2.75) is 13.0 Å². The first-order chi connectivity index (χ1) is 10.8. The van der Waals surface area contributed by atoms with E-state index in [0.29, 0.717) is 13.0 Å². The first-order valence-electron chi connectivity index (χ1n) is 7.45. The van der Waals surface area contributed by atoms with Gasteiger partial charge in [0.2, 0.25) is 5.78 Å². The third-order valence-electron chi connectivity index (χ3n) is 4.42. The highest BCUT2D eigenvalue weighted by molar-refractivity contribution is 6.40. The van der Waals surface area contributed by atoms with Gasteiger partial charge in [0.1, 0.15) is 0 Å². The monoisotopic (exact) mass is 289 g/mol. The zero-order valence-corrected chi connectivity index (χ0v) is 12.0. The highest BCUT2D eigenvalue weighted by Crippen LogP contribution is 2.34. The third-order valence-corrected chi connectivity index (χ3v) is 4.42. The molecule has 3 heteroatoms. The largest absolute Gasteiger partial charge is 0.304 e. The highest BCUT2D eigenvalue weighted by atomic mass is 16.2. The molecule has 2 aliphatic rings. The predicted molar refractivity (Wildman–Crippen MR) is 84.8 cm³/mol. The Balaban J connectivity index is 1.76. The molecule has 108 valence electrons. The fourth-order valence-electron chi connectivity index (χ4n) is 3.30. The van der Waals surface area contributed by atoms with Gasteiger partial charge in [0, 0.05) is 5.70 Å². The molecule has 1 saturated heterocycles. The number of fused-ring (bicyclic) bond motifs is 2. The summed E-state index contributed by atoms with van der Waals surface area (Å²) in [6, 6.07) is 14.2. The van der Waals surface area contributed by atoms with Gasteiger partial charge in [-0.15, -0.1) is 0 Å². The molecule has 0 saturated carbocycles. The van der Waals surface area contributed by atoms with E-state index < -0.39 is 0 Å². The second-order valence-electron chi connectivity index (χ2n) is 5.70. The maximum atomic E-state index is 12.3. The summed E-state index contributed by atoms with van der Waals surface area (Å²) >= 11 is 0. The number of allylic oxidation sites excluding steroid dienone is 4. The van der Waals surface area contributed by atoms with Crippen LogP contribution in [0.4, 0.5) is 0 Å². The molecule has 0 spiro atoms. The molecule has 22 heavy (non-hydrogen) atoms. The molecule has 0 bridgehead atoms. The van der Waals surface area contributed by atoms with Crippen molar-refractivity contribution in [3.8, 4) is 0 Å². The zero-order chi connectivity index (χ0) is 15.1. The molecule has 0 N–H and O–H groups in total. The molecule has 1 atom stereocenters. The fourth-order valence-corrected chi connectivity index (χ4v) is 3.30. The van der Waals surface area contributed by atoms with Crippen LogP contribution in [0.2, 0.25) is 0 Å². The Morgan fingerprint density at radius 2 is 1.86 bits per heavy atom. The van der Waals surface area contributed by atoms with Crippen molar-refractivity contribution < 1.29 is 9.59 Å². The lowest BCUT2D eigenvalue weighted by atomic mass is 9.96. The number of nitrogens with zero attached hydrogens (tertiary/aromatic N) is 1. The lowest BCUT2D eigenvalue weighted by molar-refractivity contribution is -0.140. The summed E-state index contributed by atoms with van der Waals surface area (Å²) in [4.78, 5) is 26.1. The highest BCUT2D eigenvalue weighted by Gasteiger charge is 2.43. The molecule has 2 aromatic rings. The summed E-state index contributed by atoms with van der Waals surface area (Å²) in [6.07, 6.45) is 6.39. The molecule has 1 aliphatic carbocycles. The van der Waals surface area contributed by atoms with Crippen LogP contribution in [0.25, 0.3) is 10.8 Å². The number of amides is 1. The molecule has 1 heterocycles. The minimum Gasteiger partial charge on any atom is -0.304 e. The number of likely N-dealkylation sites (tertiary alicyclic amines) is 1. The SMILES string of the molecule is O=C1C(=O)N(Cc2cccc3ccccc23)C2=CC=CCC12. The van der Waals surface area contributed by atoms with E-state index >= 15 is 0 Å². The number of hydrogen-bond acceptors (Lipinski definition) is 2. The Morgan fingerprint density at radius 1 is 1.05 bits per heavy atom. The second-order valence-corrected chi connectivity index (χ2v) is 5.70. The predicted octanol–water partition coefficient (Wildman–Crippen LogP) is 3.21. The molecule has 1 unspecified atom stereocenters. The number of benzene rings is 2. The van der Waals surface area contributed by atoms with Crippen LogP contribution >= 0.6 is 0 Å². The molecular weight excluding hydrogens is 274 g/mol. The summed E-state index contributed by atoms with van der Waals surface area (Å²) < 4.78 is 0. The lowest BCUT2D eigenvalue weighted by Gasteiger charge is -2.21. The lowest BCUT2D eigenvalue weighted by Crippen LogP contribution is -2.26. The smallest absolute Gasteiger partial charge is 0.295 e. The van der Waals surface area contributed by atoms with E-state index in [1.54, 1.807) is 4.90 Å². The first-order valence-corrected chi connectivity index (χ1v) is 7.45. The van der Waals surface area contributed by atoms with E-state index in [0.717, 1.165) is 22.0 Å². The Hall–Kier alpha value is -2.68. The van der Waals surface area contributed by atoms with Gasteiger partial charge in [0.25, 0.3) is 5.91 Å². The van der Waals surface area contributed by atoms with Crippen molar-refractivity contribution in [1.82, 2.24) is 4.90 Å². The minimum absolute atomic E-state index is 0.282. The summed E-state index contributed by atoms with van der Waals surface area (Å²) in [5.74, 6) is -0.948. The average molecular weight is 289 g/mol. The standard InChI is InChI=1S/C19H15NO2/c21-18-16-10-3-4-11-17(16)20(19(18)22)12-14-8-5-7-13-6-1-2-9-15(13)14/h1-9,11,16H,10,12H2. The third kappa shape index (κ3) is 1.90. The minimum atomic E-state index is -0.382. The van der Waals surface area contributed by atoms with Crippen molar-refractivity contribution in [3.05, 3.63) is 72.0 Å². The van der Waals surface area contributed by atoms with Gasteiger partial charge in [-0.2, -0.15) is 0 Å². The van der Waals surface area contributed by atoms with Crippen molar-refractivity contribution >= 4 is 22.5 Å². The Kier molecular flexibility index (Phi) is 2.93. The van der Waals surface area contributed by atoms with E-state index in [-0.39, 0.29) is 17.6 Å². The molecular formula is C19H15NO2. The zero-order valence-electron chi connectivity index (χ0n) is 12.0. The number of Topliss-reactive ketones (excluding diaryl/α,β-unsaturated/α-hetero) is 1. The van der Waals surface area contributed by atoms with Gasteiger partial charge in [0.05, 0.1) is 12.5 Å². The summed E-state index contributed by atoms with van der Waals surface area (Å²) in [5, 5.41) is 2.27. The number of carbonyl (C=O) groups is 2. The quantitative estimate of drug-likeness (QED) is 0.796. The van der Waals surface area contributed by atoms with Crippen molar-refractivity contribution in [1.29, 1.82) is 0 Å². The summed E-state index contributed by atoms with van der Waals surface area (Å²) in [6.45, 7) is 0.447. The summed E-state index contributed by atoms with van der Waals surface area (Å²) in [7, 11) is 0. The van der Waals surface area contributed by atoms with Crippen LogP contribution in [-0.2, 0) is 16.1 Å². The summed E-state index contributed by atoms with van der Waals surface area (Å²) in [5.41, 5.74) is 1.90. The molecule has 0 radical (unpaired) electrons.